The summed E-state index contributed by atoms with van der Waals surface area (Å²) in [6.07, 6.45) is 0. The number of carbonyl (C=O) groups excluding carboxylic acids is 1. The van der Waals surface area contributed by atoms with Crippen LogP contribution in [0, 0.1) is 0 Å². The van der Waals surface area contributed by atoms with Gasteiger partial charge in [-0.25, -0.2) is 4.21 Å². The molecule has 1 unspecified atom stereocenters. The van der Waals surface area contributed by atoms with E-state index in [2.05, 4.69) is 9.71 Å². The maximum atomic E-state index is 10.3. The van der Waals surface area contributed by atoms with Gasteiger partial charge in [-0.1, -0.05) is 0 Å². The van der Waals surface area contributed by atoms with Gasteiger partial charge in [-0.05, 0) is 6.92 Å². The van der Waals surface area contributed by atoms with E-state index < -0.39 is 16.2 Å². The third-order valence-electron chi connectivity index (χ3n) is 0.661. The second kappa shape index (κ2) is 1.66. The largest absolute Gasteiger partial charge is 0.336 e. The van der Waals surface area contributed by atoms with Gasteiger partial charge in [0, 0.05) is 0 Å². The van der Waals surface area contributed by atoms with E-state index in [-0.39, 0.29) is 0 Å². The molecule has 0 saturated carbocycles. The molecular formula is C3H4N2O2S. The first-order valence-electron chi connectivity index (χ1n) is 1.98. The van der Waals surface area contributed by atoms with Gasteiger partial charge in [-0.3, -0.25) is 4.79 Å². The molecule has 1 amide bonds. The van der Waals surface area contributed by atoms with Gasteiger partial charge < -0.3 is 5.32 Å². The van der Waals surface area contributed by atoms with Crippen molar-refractivity contribution in [2.75, 3.05) is 0 Å². The van der Waals surface area contributed by atoms with Crippen LogP contribution in [-0.4, -0.2) is 15.3 Å². The van der Waals surface area contributed by atoms with E-state index in [1.807, 2.05) is 0 Å². The van der Waals surface area contributed by atoms with Crippen molar-refractivity contribution in [2.45, 2.75) is 6.92 Å². The van der Waals surface area contributed by atoms with Crippen molar-refractivity contribution >= 4 is 22.1 Å². The van der Waals surface area contributed by atoms with Gasteiger partial charge >= 0.3 is 5.24 Å². The van der Waals surface area contributed by atoms with Crippen LogP contribution in [0.25, 0.3) is 0 Å². The average Bonchev–Trinajstić information content (AvgIpc) is 1.85. The fraction of sp³-hybridized carbons (Fsp3) is 0.333. The minimum Gasteiger partial charge on any atom is -0.301 e. The van der Waals surface area contributed by atoms with Crippen molar-refractivity contribution in [3.63, 3.8) is 0 Å². The Bertz CT molecular complexity index is 186. The molecule has 1 rings (SSSR count). The van der Waals surface area contributed by atoms with E-state index in [9.17, 15) is 9.00 Å². The van der Waals surface area contributed by atoms with E-state index in [0.29, 0.717) is 5.84 Å². The van der Waals surface area contributed by atoms with Gasteiger partial charge in [-0.2, -0.15) is 4.40 Å². The molecule has 1 aliphatic rings. The molecule has 8 heavy (non-hydrogen) atoms. The predicted octanol–water partition coefficient (Wildman–Crippen LogP) is -0.208. The Labute approximate surface area is 48.6 Å². The second-order valence-electron chi connectivity index (χ2n) is 1.34. The van der Waals surface area contributed by atoms with Gasteiger partial charge in [0.25, 0.3) is 0 Å². The number of nitrogens with one attached hydrogen (secondary N) is 1. The zero-order valence-electron chi connectivity index (χ0n) is 4.17. The van der Waals surface area contributed by atoms with Crippen LogP contribution >= 0.6 is 0 Å². The molecule has 0 fully saturated rings. The van der Waals surface area contributed by atoms with Crippen molar-refractivity contribution in [3.8, 4) is 0 Å². The number of amides is 1. The monoisotopic (exact) mass is 132 g/mol. The van der Waals surface area contributed by atoms with E-state index in [0.717, 1.165) is 0 Å². The van der Waals surface area contributed by atoms with Gasteiger partial charge in [0.15, 0.2) is 0 Å². The van der Waals surface area contributed by atoms with Gasteiger partial charge in [0.05, 0.1) is 0 Å². The van der Waals surface area contributed by atoms with Gasteiger partial charge in [0.2, 0.25) is 11.0 Å². The fourth-order valence-electron chi connectivity index (χ4n) is 0.380. The molecule has 1 heterocycles. The van der Waals surface area contributed by atoms with Crippen molar-refractivity contribution < 1.29 is 9.00 Å². The molecule has 44 valence electrons. The summed E-state index contributed by atoms with van der Waals surface area (Å²) in [5, 5.41) is 1.75. The van der Waals surface area contributed by atoms with E-state index >= 15 is 0 Å². The minimum atomic E-state index is -1.66. The Kier molecular flexibility index (Phi) is 1.13. The molecule has 0 bridgehead atoms. The summed E-state index contributed by atoms with van der Waals surface area (Å²) in [4.78, 5) is 10.3. The summed E-state index contributed by atoms with van der Waals surface area (Å²) in [5.74, 6) is 0.424. The van der Waals surface area contributed by atoms with Crippen LogP contribution in [0.5, 0.6) is 0 Å². The summed E-state index contributed by atoms with van der Waals surface area (Å²) in [6, 6.07) is 0. The highest BCUT2D eigenvalue weighted by molar-refractivity contribution is 7.99. The smallest absolute Gasteiger partial charge is 0.301 e. The van der Waals surface area contributed by atoms with Crippen LogP contribution in [0.1, 0.15) is 6.92 Å². The molecule has 0 radical (unpaired) electrons. The lowest BCUT2D eigenvalue weighted by atomic mass is 10.7. The fourth-order valence-corrected chi connectivity index (χ4v) is 0.992. The molecule has 0 aromatic rings. The summed E-state index contributed by atoms with van der Waals surface area (Å²) < 4.78 is 13.7. The number of carbonyl (C=O) groups is 1. The molecule has 0 aliphatic carbocycles. The number of hydrogen-bond acceptors (Lipinski definition) is 2. The first-order valence-corrected chi connectivity index (χ1v) is 3.09. The first kappa shape index (κ1) is 5.43. The standard InChI is InChI=1S/C3H4N2O2S/c1-2-4-3(6)8(7)5-2/h1H3,(H,4,5,6). The van der Waals surface area contributed by atoms with Crippen LogP contribution in [0.2, 0.25) is 0 Å². The third kappa shape index (κ3) is 0.764. The van der Waals surface area contributed by atoms with Crippen LogP contribution < -0.4 is 5.32 Å². The SMILES string of the molecule is CC1=NS(=O)C(=O)N1. The summed E-state index contributed by atoms with van der Waals surface area (Å²) in [5.41, 5.74) is 0. The lowest BCUT2D eigenvalue weighted by Crippen LogP contribution is -2.20. The number of nitrogens with zero attached hydrogens (tertiary/aromatic N) is 1. The van der Waals surface area contributed by atoms with E-state index in [4.69, 9.17) is 0 Å². The van der Waals surface area contributed by atoms with Crippen molar-refractivity contribution in [3.05, 3.63) is 0 Å². The second-order valence-corrected chi connectivity index (χ2v) is 2.39. The van der Waals surface area contributed by atoms with Gasteiger partial charge in [-0.15, -0.1) is 0 Å². The molecule has 0 saturated heterocycles. The lowest BCUT2D eigenvalue weighted by Gasteiger charge is -1.82. The van der Waals surface area contributed by atoms with E-state index in [1.54, 1.807) is 6.92 Å². The molecule has 5 heteroatoms. The number of hydrogen-bond donors (Lipinski definition) is 1. The van der Waals surface area contributed by atoms with Crippen molar-refractivity contribution in [1.29, 1.82) is 0 Å². The maximum absolute atomic E-state index is 10.3. The molecule has 4 nitrogen and oxygen atoms in total. The Hall–Kier alpha value is -0.710. The topological polar surface area (TPSA) is 58.5 Å². The molecule has 0 aromatic heterocycles. The summed E-state index contributed by atoms with van der Waals surface area (Å²) in [7, 11) is -1.66. The summed E-state index contributed by atoms with van der Waals surface area (Å²) >= 11 is 0. The molecular weight excluding hydrogens is 128 g/mol. The predicted molar refractivity (Wildman–Crippen MR) is 29.8 cm³/mol. The Balaban J connectivity index is 2.85. The number of rotatable bonds is 0. The lowest BCUT2D eigenvalue weighted by molar-refractivity contribution is 0.264. The van der Waals surface area contributed by atoms with Crippen LogP contribution in [0.3, 0.4) is 0 Å². The highest BCUT2D eigenvalue weighted by Gasteiger charge is 2.17. The molecule has 0 spiro atoms. The molecule has 1 N–H and O–H groups in total. The third-order valence-corrected chi connectivity index (χ3v) is 1.52. The highest BCUT2D eigenvalue weighted by atomic mass is 32.2. The zero-order valence-corrected chi connectivity index (χ0v) is 4.99. The first-order chi connectivity index (χ1) is 3.70. The van der Waals surface area contributed by atoms with Crippen molar-refractivity contribution in [1.82, 2.24) is 5.32 Å². The van der Waals surface area contributed by atoms with Crippen LogP contribution in [-0.2, 0) is 11.0 Å². The Morgan fingerprint density at radius 2 is 2.38 bits per heavy atom. The minimum absolute atomic E-state index is 0.424. The zero-order chi connectivity index (χ0) is 6.15. The normalized spacial score (nSPS) is 27.4. The Morgan fingerprint density at radius 3 is 2.50 bits per heavy atom. The van der Waals surface area contributed by atoms with Crippen LogP contribution in [0.4, 0.5) is 4.79 Å². The Morgan fingerprint density at radius 1 is 1.75 bits per heavy atom. The molecule has 1 atom stereocenters. The van der Waals surface area contributed by atoms with Crippen molar-refractivity contribution in [2.24, 2.45) is 4.40 Å². The average molecular weight is 132 g/mol. The maximum Gasteiger partial charge on any atom is 0.336 e. The number of amidine groups is 1. The summed E-state index contributed by atoms with van der Waals surface area (Å²) in [6.45, 7) is 1.59. The quantitative estimate of drug-likeness (QED) is 0.496. The van der Waals surface area contributed by atoms with Crippen LogP contribution in [0.15, 0.2) is 4.40 Å². The molecule has 0 aromatic carbocycles. The highest BCUT2D eigenvalue weighted by Crippen LogP contribution is 1.94. The van der Waals surface area contributed by atoms with Gasteiger partial charge in [0.1, 0.15) is 5.84 Å². The van der Waals surface area contributed by atoms with E-state index in [1.165, 1.54) is 0 Å². The molecule has 1 aliphatic heterocycles.